The molecular formula is C26H37NO4S. The summed E-state index contributed by atoms with van der Waals surface area (Å²) >= 11 is 1.26. The molecule has 1 aromatic heterocycles. The van der Waals surface area contributed by atoms with E-state index < -0.39 is 12.3 Å². The summed E-state index contributed by atoms with van der Waals surface area (Å²) in [6, 6.07) is 1.98. The Labute approximate surface area is 196 Å². The average Bonchev–Trinajstić information content (AvgIpc) is 3.22. The highest BCUT2D eigenvalue weighted by Crippen LogP contribution is 2.41. The standard InChI is InChI=1S/C26H37NO4S/c1-5-27-15-14-21(23(17-27)19-10-8-18(4)9-11-19)22-16-20(32-25(22)26(28)29)12-13-24(30-6-2)31-7-3/h16,18-19,24H,5-11,14-15,17H2,1-4H3,(H,28,29). The summed E-state index contributed by atoms with van der Waals surface area (Å²) in [7, 11) is 0. The van der Waals surface area contributed by atoms with Gasteiger partial charge >= 0.3 is 5.97 Å². The summed E-state index contributed by atoms with van der Waals surface area (Å²) in [6.07, 6.45) is 5.25. The summed E-state index contributed by atoms with van der Waals surface area (Å²) in [6.45, 7) is 12.4. The molecule has 0 bridgehead atoms. The molecule has 0 unspecified atom stereocenters. The van der Waals surface area contributed by atoms with Crippen molar-refractivity contribution in [2.75, 3.05) is 32.8 Å². The molecule has 1 aromatic rings. The lowest BCUT2D eigenvalue weighted by Crippen LogP contribution is -2.34. The normalized spacial score (nSPS) is 22.2. The molecule has 1 fully saturated rings. The number of hydrogen-bond donors (Lipinski definition) is 1. The first-order valence-corrected chi connectivity index (χ1v) is 12.8. The Morgan fingerprint density at radius 3 is 2.50 bits per heavy atom. The maximum Gasteiger partial charge on any atom is 0.346 e. The third-order valence-corrected chi connectivity index (χ3v) is 7.65. The first-order valence-electron chi connectivity index (χ1n) is 12.0. The van der Waals surface area contributed by atoms with Crippen LogP contribution in [0.5, 0.6) is 0 Å². The molecule has 0 atom stereocenters. The Morgan fingerprint density at radius 2 is 1.91 bits per heavy atom. The Bertz CT molecular complexity index is 864. The first-order chi connectivity index (χ1) is 15.5. The van der Waals surface area contributed by atoms with Crippen molar-refractivity contribution in [2.24, 2.45) is 11.8 Å². The number of thiophene rings is 1. The van der Waals surface area contributed by atoms with Crippen LogP contribution < -0.4 is 0 Å². The van der Waals surface area contributed by atoms with Crippen molar-refractivity contribution in [1.29, 1.82) is 0 Å². The minimum absolute atomic E-state index is 0.403. The topological polar surface area (TPSA) is 59.0 Å². The van der Waals surface area contributed by atoms with Crippen LogP contribution in [-0.4, -0.2) is 55.1 Å². The SMILES string of the molecule is CCOC(C#Cc1cc(C2=C(C3CCC(C)CC3)CN(CC)CC2)c(C(=O)O)s1)OCC. The smallest absolute Gasteiger partial charge is 0.346 e. The van der Waals surface area contributed by atoms with Gasteiger partial charge in [0.1, 0.15) is 4.88 Å². The number of carboxylic acids is 1. The van der Waals surface area contributed by atoms with Crippen molar-refractivity contribution in [3.05, 3.63) is 27.0 Å². The lowest BCUT2D eigenvalue weighted by molar-refractivity contribution is -0.0969. The van der Waals surface area contributed by atoms with E-state index in [1.807, 2.05) is 19.9 Å². The van der Waals surface area contributed by atoms with E-state index in [1.54, 1.807) is 0 Å². The van der Waals surface area contributed by atoms with E-state index >= 15 is 0 Å². The number of rotatable bonds is 8. The summed E-state index contributed by atoms with van der Waals surface area (Å²) in [5.41, 5.74) is 3.59. The molecule has 2 aliphatic rings. The van der Waals surface area contributed by atoms with Gasteiger partial charge < -0.3 is 14.6 Å². The van der Waals surface area contributed by atoms with Gasteiger partial charge in [-0.2, -0.15) is 0 Å². The van der Waals surface area contributed by atoms with Gasteiger partial charge in [0.15, 0.2) is 0 Å². The van der Waals surface area contributed by atoms with Crippen LogP contribution in [-0.2, 0) is 9.47 Å². The monoisotopic (exact) mass is 459 g/mol. The second kappa shape index (κ2) is 12.0. The van der Waals surface area contributed by atoms with Crippen LogP contribution in [0.1, 0.15) is 79.9 Å². The zero-order chi connectivity index (χ0) is 23.1. The molecule has 3 rings (SSSR count). The molecule has 0 radical (unpaired) electrons. The number of carboxylic acid groups (broad SMARTS) is 1. The van der Waals surface area contributed by atoms with Gasteiger partial charge in [-0.15, -0.1) is 11.3 Å². The molecule has 176 valence electrons. The zero-order valence-corrected chi connectivity index (χ0v) is 20.7. The highest BCUT2D eigenvalue weighted by molar-refractivity contribution is 7.14. The minimum Gasteiger partial charge on any atom is -0.477 e. The van der Waals surface area contributed by atoms with Gasteiger partial charge in [0, 0.05) is 31.9 Å². The van der Waals surface area contributed by atoms with Crippen molar-refractivity contribution in [3.8, 4) is 11.8 Å². The van der Waals surface area contributed by atoms with Crippen LogP contribution in [0.3, 0.4) is 0 Å². The van der Waals surface area contributed by atoms with Crippen molar-refractivity contribution in [2.45, 2.75) is 66.1 Å². The van der Waals surface area contributed by atoms with Crippen LogP contribution in [0.2, 0.25) is 0 Å². The maximum absolute atomic E-state index is 12.1. The molecule has 0 spiro atoms. The zero-order valence-electron chi connectivity index (χ0n) is 19.9. The van der Waals surface area contributed by atoms with Gasteiger partial charge in [-0.25, -0.2) is 4.79 Å². The number of carbonyl (C=O) groups is 1. The number of aromatic carboxylic acids is 1. The molecule has 2 heterocycles. The summed E-state index contributed by atoms with van der Waals surface area (Å²) in [5, 5.41) is 9.96. The fourth-order valence-electron chi connectivity index (χ4n) is 4.81. The van der Waals surface area contributed by atoms with Gasteiger partial charge in [0.2, 0.25) is 6.29 Å². The summed E-state index contributed by atoms with van der Waals surface area (Å²) in [4.78, 5) is 15.8. The lowest BCUT2D eigenvalue weighted by atomic mass is 9.75. The molecule has 1 N–H and O–H groups in total. The van der Waals surface area contributed by atoms with E-state index in [2.05, 4.69) is 30.6 Å². The third-order valence-electron chi connectivity index (χ3n) is 6.62. The third kappa shape index (κ3) is 6.23. The molecule has 1 aliphatic carbocycles. The van der Waals surface area contributed by atoms with Crippen LogP contribution in [0.25, 0.3) is 5.57 Å². The van der Waals surface area contributed by atoms with Gasteiger partial charge in [0.25, 0.3) is 0 Å². The Balaban J connectivity index is 1.98. The second-order valence-electron chi connectivity index (χ2n) is 8.75. The predicted octanol–water partition coefficient (Wildman–Crippen LogP) is 5.50. The lowest BCUT2D eigenvalue weighted by Gasteiger charge is -2.36. The maximum atomic E-state index is 12.1. The van der Waals surface area contributed by atoms with Gasteiger partial charge in [-0.1, -0.05) is 32.6 Å². The molecule has 32 heavy (non-hydrogen) atoms. The average molecular weight is 460 g/mol. The highest BCUT2D eigenvalue weighted by atomic mass is 32.1. The van der Waals surface area contributed by atoms with Crippen LogP contribution in [0.4, 0.5) is 0 Å². The van der Waals surface area contributed by atoms with Crippen LogP contribution in [0.15, 0.2) is 11.6 Å². The summed E-state index contributed by atoms with van der Waals surface area (Å²) < 4.78 is 11.0. The molecule has 5 nitrogen and oxygen atoms in total. The predicted molar refractivity (Wildman–Crippen MR) is 130 cm³/mol. The van der Waals surface area contributed by atoms with E-state index in [9.17, 15) is 9.90 Å². The second-order valence-corrected chi connectivity index (χ2v) is 9.80. The molecule has 0 amide bonds. The van der Waals surface area contributed by atoms with E-state index in [4.69, 9.17) is 9.47 Å². The number of ether oxygens (including phenoxy) is 2. The number of likely N-dealkylation sites (N-methyl/N-ethyl adjacent to an activating group) is 1. The molecule has 6 heteroatoms. The quantitative estimate of drug-likeness (QED) is 0.411. The first kappa shape index (κ1) is 25.0. The largest absolute Gasteiger partial charge is 0.477 e. The van der Waals surface area contributed by atoms with Crippen LogP contribution in [0, 0.1) is 23.7 Å². The van der Waals surface area contributed by atoms with Gasteiger partial charge in [-0.05, 0) is 74.6 Å². The van der Waals surface area contributed by atoms with Gasteiger partial charge in [0.05, 0.1) is 4.88 Å². The highest BCUT2D eigenvalue weighted by Gasteiger charge is 2.30. The van der Waals surface area contributed by atoms with Gasteiger partial charge in [-0.3, -0.25) is 4.90 Å². The fraction of sp³-hybridized carbons (Fsp3) is 0.654. The Morgan fingerprint density at radius 1 is 1.22 bits per heavy atom. The van der Waals surface area contributed by atoms with Crippen LogP contribution >= 0.6 is 11.3 Å². The Hall–Kier alpha value is -1.65. The molecule has 0 saturated heterocycles. The fourth-order valence-corrected chi connectivity index (χ4v) is 5.69. The van der Waals surface area contributed by atoms with Crippen molar-refractivity contribution < 1.29 is 19.4 Å². The summed E-state index contributed by atoms with van der Waals surface area (Å²) in [5.74, 6) is 6.61. The van der Waals surface area contributed by atoms with E-state index in [0.29, 0.717) is 24.0 Å². The number of hydrogen-bond acceptors (Lipinski definition) is 5. The van der Waals surface area contributed by atoms with E-state index in [-0.39, 0.29) is 0 Å². The van der Waals surface area contributed by atoms with Crippen molar-refractivity contribution in [1.82, 2.24) is 4.90 Å². The minimum atomic E-state index is -0.869. The molecule has 1 aliphatic heterocycles. The van der Waals surface area contributed by atoms with E-state index in [1.165, 1.54) is 48.2 Å². The molecular weight excluding hydrogens is 422 g/mol. The number of nitrogens with zero attached hydrogens (tertiary/aromatic N) is 1. The van der Waals surface area contributed by atoms with Crippen molar-refractivity contribution >= 4 is 22.9 Å². The van der Waals surface area contributed by atoms with E-state index in [0.717, 1.165) is 42.4 Å². The van der Waals surface area contributed by atoms with Crippen molar-refractivity contribution in [3.63, 3.8) is 0 Å². The molecule has 0 aromatic carbocycles. The molecule has 1 saturated carbocycles. The Kier molecular flexibility index (Phi) is 9.36.